The van der Waals surface area contributed by atoms with Crippen LogP contribution in [0, 0.1) is 17.1 Å². The number of rotatable bonds is 3. The summed E-state index contributed by atoms with van der Waals surface area (Å²) in [7, 11) is 0. The summed E-state index contributed by atoms with van der Waals surface area (Å²) in [5.74, 6) is -0.425. The number of anilines is 1. The molecule has 4 rings (SSSR count). The maximum absolute atomic E-state index is 14.7. The van der Waals surface area contributed by atoms with E-state index >= 15 is 0 Å². The molecule has 0 spiro atoms. The number of halogens is 1. The predicted molar refractivity (Wildman–Crippen MR) is 99.9 cm³/mol. The predicted octanol–water partition coefficient (Wildman–Crippen LogP) is 3.29. The average Bonchev–Trinajstić information content (AvgIpc) is 3.19. The van der Waals surface area contributed by atoms with Crippen molar-refractivity contribution in [2.75, 3.05) is 18.4 Å². The zero-order valence-corrected chi connectivity index (χ0v) is 14.7. The van der Waals surface area contributed by atoms with Gasteiger partial charge in [-0.1, -0.05) is 19.3 Å². The highest BCUT2D eigenvalue weighted by molar-refractivity contribution is 5.84. The first-order valence-corrected chi connectivity index (χ1v) is 9.43. The fourth-order valence-electron chi connectivity index (χ4n) is 4.21. The Morgan fingerprint density at radius 1 is 1.23 bits per heavy atom. The molecule has 1 unspecified atom stereocenters. The maximum Gasteiger partial charge on any atom is 0.207 e. The van der Waals surface area contributed by atoms with E-state index in [1.807, 2.05) is 10.6 Å². The number of aromatic nitrogens is 1. The summed E-state index contributed by atoms with van der Waals surface area (Å²) in [4.78, 5) is 12.5. The van der Waals surface area contributed by atoms with Crippen LogP contribution in [0.2, 0.25) is 0 Å². The first-order chi connectivity index (χ1) is 12.7. The molecule has 0 amide bonds. The zero-order valence-electron chi connectivity index (χ0n) is 14.7. The number of nitrogens with one attached hydrogen (secondary N) is 2. The van der Waals surface area contributed by atoms with Crippen molar-refractivity contribution in [2.24, 2.45) is 0 Å². The van der Waals surface area contributed by atoms with E-state index in [1.54, 1.807) is 12.3 Å². The molecule has 1 aromatic heterocycles. The van der Waals surface area contributed by atoms with Crippen LogP contribution >= 0.6 is 0 Å². The molecule has 2 aromatic rings. The Morgan fingerprint density at radius 2 is 2.04 bits per heavy atom. The highest BCUT2D eigenvalue weighted by Gasteiger charge is 2.22. The van der Waals surface area contributed by atoms with E-state index in [-0.39, 0.29) is 23.0 Å². The molecule has 2 N–H and O–H groups in total. The van der Waals surface area contributed by atoms with Gasteiger partial charge in [0, 0.05) is 24.8 Å². The van der Waals surface area contributed by atoms with Gasteiger partial charge in [0.2, 0.25) is 5.43 Å². The van der Waals surface area contributed by atoms with Gasteiger partial charge in [0.1, 0.15) is 17.4 Å². The van der Waals surface area contributed by atoms with Gasteiger partial charge in [-0.05, 0) is 37.9 Å². The molecular weight excluding hydrogens is 331 g/mol. The number of fused-ring (bicyclic) bond motifs is 1. The van der Waals surface area contributed by atoms with Crippen LogP contribution in [0.5, 0.6) is 0 Å². The van der Waals surface area contributed by atoms with Crippen LogP contribution in [-0.4, -0.2) is 23.7 Å². The molecule has 1 saturated carbocycles. The normalized spacial score (nSPS) is 21.0. The number of pyridine rings is 1. The van der Waals surface area contributed by atoms with Crippen LogP contribution in [0.4, 0.5) is 10.1 Å². The lowest BCUT2D eigenvalue weighted by molar-refractivity contribution is 0.460. The van der Waals surface area contributed by atoms with E-state index < -0.39 is 11.2 Å². The quantitative estimate of drug-likeness (QED) is 0.887. The van der Waals surface area contributed by atoms with Crippen molar-refractivity contribution in [1.82, 2.24) is 9.88 Å². The summed E-state index contributed by atoms with van der Waals surface area (Å²) in [6.07, 6.45) is 8.21. The van der Waals surface area contributed by atoms with Crippen LogP contribution in [-0.2, 0) is 0 Å². The molecule has 1 aliphatic heterocycles. The lowest BCUT2D eigenvalue weighted by Gasteiger charge is -2.25. The van der Waals surface area contributed by atoms with Gasteiger partial charge in [0.25, 0.3) is 0 Å². The van der Waals surface area contributed by atoms with E-state index in [0.717, 1.165) is 45.2 Å². The van der Waals surface area contributed by atoms with Gasteiger partial charge in [-0.15, -0.1) is 0 Å². The van der Waals surface area contributed by atoms with Crippen molar-refractivity contribution >= 4 is 16.6 Å². The molecule has 1 aliphatic carbocycles. The monoisotopic (exact) mass is 354 g/mol. The summed E-state index contributed by atoms with van der Waals surface area (Å²) in [6, 6.07) is 5.45. The minimum Gasteiger partial charge on any atom is -0.380 e. The molecule has 2 heterocycles. The van der Waals surface area contributed by atoms with E-state index in [0.29, 0.717) is 11.2 Å². The Balaban J connectivity index is 1.83. The smallest absolute Gasteiger partial charge is 0.207 e. The lowest BCUT2D eigenvalue weighted by atomic mass is 9.95. The average molecular weight is 354 g/mol. The molecule has 0 bridgehead atoms. The van der Waals surface area contributed by atoms with E-state index in [4.69, 9.17) is 0 Å². The summed E-state index contributed by atoms with van der Waals surface area (Å²) in [5, 5.41) is 16.2. The third-order valence-electron chi connectivity index (χ3n) is 5.63. The van der Waals surface area contributed by atoms with Gasteiger partial charge in [0.15, 0.2) is 0 Å². The summed E-state index contributed by atoms with van der Waals surface area (Å²) >= 11 is 0. The maximum atomic E-state index is 14.7. The molecule has 2 aliphatic rings. The van der Waals surface area contributed by atoms with Gasteiger partial charge in [-0.2, -0.15) is 5.26 Å². The molecule has 0 radical (unpaired) electrons. The Hall–Kier alpha value is -2.39. The standard InChI is InChI=1S/C20H23FN4O/c21-17-8-16-19(9-18(17)24-14-4-2-1-3-5-14)25(15-6-7-23-11-15)12-13(10-22)20(16)26/h8-9,12,14-15,23-24H,1-7,11H2. The minimum atomic E-state index is -0.425. The highest BCUT2D eigenvalue weighted by Crippen LogP contribution is 2.28. The first-order valence-electron chi connectivity index (χ1n) is 9.43. The van der Waals surface area contributed by atoms with Crippen molar-refractivity contribution in [3.8, 4) is 6.07 Å². The summed E-state index contributed by atoms with van der Waals surface area (Å²) < 4.78 is 16.7. The van der Waals surface area contributed by atoms with Crippen LogP contribution in [0.15, 0.2) is 23.1 Å². The van der Waals surface area contributed by atoms with Crippen LogP contribution in [0.1, 0.15) is 50.1 Å². The van der Waals surface area contributed by atoms with Crippen LogP contribution in [0.25, 0.3) is 10.9 Å². The molecule has 1 atom stereocenters. The van der Waals surface area contributed by atoms with Gasteiger partial charge >= 0.3 is 0 Å². The molecular formula is C20H23FN4O. The molecule has 136 valence electrons. The van der Waals surface area contributed by atoms with Crippen LogP contribution in [0.3, 0.4) is 0 Å². The number of nitriles is 1. The number of hydrogen-bond acceptors (Lipinski definition) is 4. The van der Waals surface area contributed by atoms with Gasteiger partial charge in [0.05, 0.1) is 16.6 Å². The third kappa shape index (κ3) is 3.08. The summed E-state index contributed by atoms with van der Waals surface area (Å²) in [5.41, 5.74) is 0.820. The summed E-state index contributed by atoms with van der Waals surface area (Å²) in [6.45, 7) is 1.68. The Kier molecular flexibility index (Phi) is 4.64. The Morgan fingerprint density at radius 3 is 2.73 bits per heavy atom. The topological polar surface area (TPSA) is 69.8 Å². The second kappa shape index (κ2) is 7.08. The molecule has 6 heteroatoms. The second-order valence-electron chi connectivity index (χ2n) is 7.37. The highest BCUT2D eigenvalue weighted by atomic mass is 19.1. The Bertz CT molecular complexity index is 918. The van der Waals surface area contributed by atoms with E-state index in [9.17, 15) is 14.4 Å². The fourth-order valence-corrected chi connectivity index (χ4v) is 4.21. The van der Waals surface area contributed by atoms with E-state index in [1.165, 1.54) is 12.5 Å². The van der Waals surface area contributed by atoms with Crippen molar-refractivity contribution in [3.63, 3.8) is 0 Å². The third-order valence-corrected chi connectivity index (χ3v) is 5.63. The van der Waals surface area contributed by atoms with Gasteiger partial charge in [-0.3, -0.25) is 4.79 Å². The minimum absolute atomic E-state index is 0.0665. The number of hydrogen-bond donors (Lipinski definition) is 2. The second-order valence-corrected chi connectivity index (χ2v) is 7.37. The Labute approximate surface area is 151 Å². The van der Waals surface area contributed by atoms with Gasteiger partial charge in [-0.25, -0.2) is 4.39 Å². The molecule has 26 heavy (non-hydrogen) atoms. The zero-order chi connectivity index (χ0) is 18.1. The van der Waals surface area contributed by atoms with Crippen LogP contribution < -0.4 is 16.1 Å². The first kappa shape index (κ1) is 17.0. The van der Waals surface area contributed by atoms with E-state index in [2.05, 4.69) is 10.6 Å². The fraction of sp³-hybridized carbons (Fsp3) is 0.500. The molecule has 2 fully saturated rings. The lowest BCUT2D eigenvalue weighted by Crippen LogP contribution is -2.23. The molecule has 1 saturated heterocycles. The number of benzene rings is 1. The number of nitrogens with zero attached hydrogens (tertiary/aromatic N) is 2. The van der Waals surface area contributed by atoms with Crippen molar-refractivity contribution in [1.29, 1.82) is 5.26 Å². The van der Waals surface area contributed by atoms with Gasteiger partial charge < -0.3 is 15.2 Å². The van der Waals surface area contributed by atoms with Crippen molar-refractivity contribution < 1.29 is 4.39 Å². The SMILES string of the molecule is N#Cc1cn(C2CCNC2)c2cc(NC3CCCCC3)c(F)cc2c1=O. The molecule has 1 aromatic carbocycles. The van der Waals surface area contributed by atoms with Crippen molar-refractivity contribution in [2.45, 2.75) is 50.6 Å². The molecule has 5 nitrogen and oxygen atoms in total. The largest absolute Gasteiger partial charge is 0.380 e. The van der Waals surface area contributed by atoms with Crippen molar-refractivity contribution in [3.05, 3.63) is 39.9 Å².